The normalized spacial score (nSPS) is 12.6. The number of unbranched alkanes of at least 4 members (excludes halogenated alkanes) is 28. The van der Waals surface area contributed by atoms with Crippen molar-refractivity contribution in [1.29, 1.82) is 0 Å². The fraction of sp³-hybridized carbons (Fsp3) is 1.00. The molecule has 0 spiro atoms. The molecule has 0 aliphatic rings. The van der Waals surface area contributed by atoms with E-state index in [0.29, 0.717) is 0 Å². The molecule has 0 saturated heterocycles. The summed E-state index contributed by atoms with van der Waals surface area (Å²) in [5.74, 6) is 0. The van der Waals surface area contributed by atoms with Crippen molar-refractivity contribution in [2.24, 2.45) is 0 Å². The molecule has 0 amide bonds. The molecule has 0 aromatic carbocycles. The summed E-state index contributed by atoms with van der Waals surface area (Å²) >= 11 is 0. The molecule has 0 saturated carbocycles. The van der Waals surface area contributed by atoms with Gasteiger partial charge in [0.25, 0.3) is 0 Å². The first-order chi connectivity index (χ1) is 26.5. The Balaban J connectivity index is 0. The number of hydrogen-bond acceptors (Lipinski definition) is 0. The molecule has 0 aromatic rings. The van der Waals surface area contributed by atoms with Crippen molar-refractivity contribution >= 4 is 14.5 Å². The third-order valence-electron chi connectivity index (χ3n) is 13.5. The van der Waals surface area contributed by atoms with E-state index in [1.807, 2.05) is 0 Å². The summed E-state index contributed by atoms with van der Waals surface area (Å²) in [7, 11) is -1.91. The summed E-state index contributed by atoms with van der Waals surface area (Å²) in [5.41, 5.74) is 0. The first-order valence-electron chi connectivity index (χ1n) is 26.5. The Morgan fingerprint density at radius 3 is 0.444 bits per heavy atom. The molecule has 0 fully saturated rings. The van der Waals surface area contributed by atoms with Crippen LogP contribution in [0.3, 0.4) is 0 Å². The monoisotopic (exact) mass is 801 g/mol. The molecule has 0 unspecified atom stereocenters. The van der Waals surface area contributed by atoms with E-state index in [2.05, 4.69) is 55.4 Å². The van der Waals surface area contributed by atoms with Crippen LogP contribution in [0.15, 0.2) is 0 Å². The van der Waals surface area contributed by atoms with Gasteiger partial charge in [-0.1, -0.05) is 26.2 Å². The van der Waals surface area contributed by atoms with Gasteiger partial charge in [-0.2, -0.15) is 0 Å². The van der Waals surface area contributed by atoms with E-state index in [-0.39, 0.29) is 0 Å². The molecule has 0 atom stereocenters. The molecule has 0 aliphatic heterocycles. The van der Waals surface area contributed by atoms with Crippen LogP contribution in [-0.4, -0.2) is 49.3 Å². The molecule has 54 heavy (non-hydrogen) atoms. The van der Waals surface area contributed by atoms with Crippen LogP contribution >= 0.6 is 14.5 Å². The topological polar surface area (TPSA) is 0 Å². The molecular weight excluding hydrogens is 687 g/mol. The van der Waals surface area contributed by atoms with Gasteiger partial charge in [0.1, 0.15) is 0 Å². The molecule has 0 N–H and O–H groups in total. The van der Waals surface area contributed by atoms with E-state index in [1.165, 1.54) is 218 Å². The predicted molar refractivity (Wildman–Crippen MR) is 267 cm³/mol. The second-order valence-electron chi connectivity index (χ2n) is 18.9. The van der Waals surface area contributed by atoms with E-state index in [9.17, 15) is 0 Å². The molecule has 0 aromatic heterocycles. The van der Waals surface area contributed by atoms with Gasteiger partial charge in [-0.3, -0.25) is 0 Å². The number of rotatable bonds is 44. The summed E-state index contributed by atoms with van der Waals surface area (Å²) in [6.07, 6.45) is 66.3. The second-order valence-corrected chi connectivity index (χ2v) is 28.9. The van der Waals surface area contributed by atoms with E-state index in [4.69, 9.17) is 0 Å². The molecule has 0 nitrogen and oxygen atoms in total. The average Bonchev–Trinajstić information content (AvgIpc) is 3.19. The Labute approximate surface area is 349 Å². The van der Waals surface area contributed by atoms with Crippen molar-refractivity contribution in [3.05, 3.63) is 0 Å². The minimum atomic E-state index is -0.961. The molecule has 0 rings (SSSR count). The zero-order valence-electron chi connectivity index (χ0n) is 40.1. The molecule has 332 valence electrons. The van der Waals surface area contributed by atoms with Gasteiger partial charge in [0, 0.05) is 0 Å². The van der Waals surface area contributed by atoms with Crippen LogP contribution in [0.25, 0.3) is 0 Å². The van der Waals surface area contributed by atoms with Crippen LogP contribution in [0.1, 0.15) is 287 Å². The van der Waals surface area contributed by atoms with Crippen molar-refractivity contribution in [1.82, 2.24) is 0 Å². The van der Waals surface area contributed by atoms with Crippen molar-refractivity contribution in [2.45, 2.75) is 287 Å². The zero-order chi connectivity index (χ0) is 40.1. The number of hydrogen-bond donors (Lipinski definition) is 0. The maximum absolute atomic E-state index is 2.39. The summed E-state index contributed by atoms with van der Waals surface area (Å²) < 4.78 is 0. The average molecular weight is 801 g/mol. The summed E-state index contributed by atoms with van der Waals surface area (Å²) in [6.45, 7) is 19.0. The van der Waals surface area contributed by atoms with Crippen LogP contribution in [0, 0.1) is 0 Å². The van der Waals surface area contributed by atoms with Gasteiger partial charge in [-0.05, 0) is 0 Å². The van der Waals surface area contributed by atoms with Gasteiger partial charge < -0.3 is 0 Å². The van der Waals surface area contributed by atoms with E-state index < -0.39 is 14.5 Å². The first-order valence-corrected chi connectivity index (χ1v) is 32.1. The van der Waals surface area contributed by atoms with E-state index >= 15 is 0 Å². The standard InChI is InChI=1S/C28H61P.C24H53P/c1-5-9-13-14-15-16-17-18-19-20-21-22-23-24-28-29(25-10-6-2,26-11-7-3)27-12-8-4;1-5-9-13-14-15-16-17-18-19-20-24-25(21-10-6-2,22-11-7-3)23-12-8-4/h29H,5-28H2,1-4H3;25H,5-24H2,1-4H3. The second kappa shape index (κ2) is 46.5. The molecular formula is C52H114P2. The van der Waals surface area contributed by atoms with Crippen LogP contribution in [-0.2, 0) is 0 Å². The Bertz CT molecular complexity index is 615. The van der Waals surface area contributed by atoms with Gasteiger partial charge >= 0.3 is 324 Å². The zero-order valence-corrected chi connectivity index (χ0v) is 42.1. The van der Waals surface area contributed by atoms with Gasteiger partial charge in [0.2, 0.25) is 0 Å². The Hall–Kier alpha value is 0.860. The quantitative estimate of drug-likeness (QED) is 0.0425. The predicted octanol–water partition coefficient (Wildman–Crippen LogP) is 19.7. The van der Waals surface area contributed by atoms with Crippen molar-refractivity contribution < 1.29 is 0 Å². The van der Waals surface area contributed by atoms with Crippen molar-refractivity contribution in [3.8, 4) is 0 Å². The Morgan fingerprint density at radius 1 is 0.148 bits per heavy atom. The van der Waals surface area contributed by atoms with Crippen LogP contribution < -0.4 is 0 Å². The maximum atomic E-state index is 2.39. The minimum absolute atomic E-state index is 0.949. The molecule has 2 heteroatoms. The Morgan fingerprint density at radius 2 is 0.278 bits per heavy atom. The molecule has 0 heterocycles. The van der Waals surface area contributed by atoms with Crippen molar-refractivity contribution in [2.75, 3.05) is 49.3 Å². The van der Waals surface area contributed by atoms with E-state index in [1.54, 1.807) is 62.1 Å². The van der Waals surface area contributed by atoms with Crippen LogP contribution in [0.4, 0.5) is 0 Å². The fourth-order valence-corrected chi connectivity index (χ4v) is 21.1. The van der Waals surface area contributed by atoms with Gasteiger partial charge in [-0.25, -0.2) is 0 Å². The molecule has 0 bridgehead atoms. The van der Waals surface area contributed by atoms with Gasteiger partial charge in [0.15, 0.2) is 0 Å². The van der Waals surface area contributed by atoms with Gasteiger partial charge in [0.05, 0.1) is 0 Å². The molecule has 0 aliphatic carbocycles. The molecule has 0 radical (unpaired) electrons. The van der Waals surface area contributed by atoms with Crippen molar-refractivity contribution in [3.63, 3.8) is 0 Å². The van der Waals surface area contributed by atoms with E-state index in [0.717, 1.165) is 0 Å². The summed E-state index contributed by atoms with van der Waals surface area (Å²) in [4.78, 5) is 0. The Kier molecular flexibility index (Phi) is 49.1. The third-order valence-corrected chi connectivity index (χ3v) is 24.8. The first kappa shape index (κ1) is 57.0. The van der Waals surface area contributed by atoms with Crippen LogP contribution in [0.5, 0.6) is 0 Å². The summed E-state index contributed by atoms with van der Waals surface area (Å²) in [5, 5.41) is 0. The van der Waals surface area contributed by atoms with Gasteiger partial charge in [-0.15, -0.1) is 0 Å². The summed E-state index contributed by atoms with van der Waals surface area (Å²) in [6, 6.07) is 0. The fourth-order valence-electron chi connectivity index (χ4n) is 9.49. The van der Waals surface area contributed by atoms with Crippen LogP contribution in [0.2, 0.25) is 0 Å². The SMILES string of the molecule is CCCCCCCCCCCCCCCC[PH](CCCC)(CCCC)CCCC.CCCCCCCCCCCC[PH](CCCC)(CCCC)CCCC. The third kappa shape index (κ3) is 38.4.